The van der Waals surface area contributed by atoms with Gasteiger partial charge in [-0.1, -0.05) is 97.2 Å². The molecule has 2 heteroatoms. The summed E-state index contributed by atoms with van der Waals surface area (Å²) >= 11 is 5.71. The van der Waals surface area contributed by atoms with Crippen molar-refractivity contribution in [2.45, 2.75) is 80.6 Å². The Hall–Kier alpha value is -1.34. The van der Waals surface area contributed by atoms with E-state index in [-0.39, 0.29) is 5.82 Å². The van der Waals surface area contributed by atoms with Gasteiger partial charge in [0.15, 0.2) is 0 Å². The summed E-state index contributed by atoms with van der Waals surface area (Å²) in [5.41, 5.74) is 2.61. The Morgan fingerprint density at radius 1 is 0.778 bits per heavy atom. The van der Waals surface area contributed by atoms with Crippen molar-refractivity contribution in [3.05, 3.63) is 70.5 Å². The predicted molar refractivity (Wildman–Crippen MR) is 122 cm³/mol. The normalized spacial score (nSPS) is 10.3. The van der Waals surface area contributed by atoms with Gasteiger partial charge in [0.25, 0.3) is 0 Å². The Morgan fingerprint density at radius 3 is 1.67 bits per heavy atom. The molecule has 0 bridgehead atoms. The van der Waals surface area contributed by atoms with Crippen LogP contribution in [0, 0.1) is 11.7 Å². The second-order valence-corrected chi connectivity index (χ2v) is 6.49. The van der Waals surface area contributed by atoms with E-state index >= 15 is 0 Å². The summed E-state index contributed by atoms with van der Waals surface area (Å²) in [5, 5.41) is 0.819. The van der Waals surface area contributed by atoms with Crippen molar-refractivity contribution in [3.63, 3.8) is 0 Å². The lowest BCUT2D eigenvalue weighted by Crippen LogP contribution is -1.95. The van der Waals surface area contributed by atoms with E-state index in [1.165, 1.54) is 42.5 Å². The van der Waals surface area contributed by atoms with Crippen LogP contribution < -0.4 is 0 Å². The third-order valence-corrected chi connectivity index (χ3v) is 4.24. The molecule has 27 heavy (non-hydrogen) atoms. The number of rotatable bonds is 6. The Bertz CT molecular complexity index is 531. The van der Waals surface area contributed by atoms with E-state index in [9.17, 15) is 4.39 Å². The zero-order valence-electron chi connectivity index (χ0n) is 18.5. The minimum atomic E-state index is -0.146. The minimum absolute atomic E-state index is 0.146. The topological polar surface area (TPSA) is 0 Å². The standard InChI is InChI=1S/C12H17F.C9H11Cl.2C2H6/c1-3-10(2)4-5-11-6-8-12(13)9-7-11;1-2-3-8-4-6-9(10)7-5-8;2*1-2/h6-10H,3-5H2,1-2H3;4-7H,2-3H2,1H3;2*1-2H3. The van der Waals surface area contributed by atoms with Gasteiger partial charge in [-0.15, -0.1) is 0 Å². The third kappa shape index (κ3) is 15.4. The van der Waals surface area contributed by atoms with Crippen LogP contribution in [0.1, 0.15) is 78.9 Å². The summed E-state index contributed by atoms with van der Waals surface area (Å²) in [5.74, 6) is 0.623. The molecule has 2 rings (SSSR count). The molecule has 0 fully saturated rings. The van der Waals surface area contributed by atoms with E-state index in [1.54, 1.807) is 0 Å². The van der Waals surface area contributed by atoms with Gasteiger partial charge in [-0.25, -0.2) is 4.39 Å². The highest BCUT2D eigenvalue weighted by Crippen LogP contribution is 2.12. The molecule has 0 aromatic heterocycles. The van der Waals surface area contributed by atoms with Gasteiger partial charge in [0.05, 0.1) is 0 Å². The van der Waals surface area contributed by atoms with Gasteiger partial charge in [0.2, 0.25) is 0 Å². The fraction of sp³-hybridized carbons (Fsp3) is 0.520. The van der Waals surface area contributed by atoms with E-state index in [0.29, 0.717) is 0 Å². The van der Waals surface area contributed by atoms with Crippen LogP contribution in [-0.4, -0.2) is 0 Å². The molecule has 0 saturated carbocycles. The number of hydrogen-bond donors (Lipinski definition) is 0. The van der Waals surface area contributed by atoms with Crippen molar-refractivity contribution in [1.82, 2.24) is 0 Å². The fourth-order valence-corrected chi connectivity index (χ4v) is 2.33. The summed E-state index contributed by atoms with van der Waals surface area (Å²) in [6.45, 7) is 14.6. The monoisotopic (exact) mass is 394 g/mol. The maximum absolute atomic E-state index is 12.6. The number of benzene rings is 2. The second kappa shape index (κ2) is 19.4. The molecule has 0 amide bonds. The van der Waals surface area contributed by atoms with Crippen LogP contribution in [-0.2, 0) is 12.8 Å². The molecular formula is C25H40ClF. The molecule has 0 saturated heterocycles. The van der Waals surface area contributed by atoms with Crippen LogP contribution in [0.15, 0.2) is 48.5 Å². The SMILES string of the molecule is CC.CC.CCC(C)CCc1ccc(F)cc1.CCCc1ccc(Cl)cc1. The molecule has 0 spiro atoms. The van der Waals surface area contributed by atoms with Crippen LogP contribution in [0.2, 0.25) is 5.02 Å². The molecule has 0 aliphatic rings. The first-order chi connectivity index (χ1) is 13.0. The highest BCUT2D eigenvalue weighted by molar-refractivity contribution is 6.30. The van der Waals surface area contributed by atoms with Crippen molar-refractivity contribution in [1.29, 1.82) is 0 Å². The zero-order chi connectivity index (χ0) is 21.1. The summed E-state index contributed by atoms with van der Waals surface area (Å²) < 4.78 is 12.6. The Kier molecular flexibility index (Phi) is 20.1. The van der Waals surface area contributed by atoms with Crippen molar-refractivity contribution < 1.29 is 4.39 Å². The largest absolute Gasteiger partial charge is 0.207 e. The number of halogens is 2. The van der Waals surface area contributed by atoms with Gasteiger partial charge >= 0.3 is 0 Å². The molecule has 0 radical (unpaired) electrons. The minimum Gasteiger partial charge on any atom is -0.207 e. The molecule has 2 aromatic carbocycles. The number of hydrogen-bond acceptors (Lipinski definition) is 0. The molecule has 0 nitrogen and oxygen atoms in total. The van der Waals surface area contributed by atoms with Gasteiger partial charge in [0.1, 0.15) is 5.82 Å². The maximum Gasteiger partial charge on any atom is 0.123 e. The van der Waals surface area contributed by atoms with Crippen molar-refractivity contribution >= 4 is 11.6 Å². The van der Waals surface area contributed by atoms with Crippen LogP contribution in [0.4, 0.5) is 4.39 Å². The Labute approximate surface area is 173 Å². The lowest BCUT2D eigenvalue weighted by molar-refractivity contribution is 0.516. The average Bonchev–Trinajstić information content (AvgIpc) is 2.73. The molecule has 0 heterocycles. The molecule has 2 aromatic rings. The van der Waals surface area contributed by atoms with Gasteiger partial charge in [-0.2, -0.15) is 0 Å². The first-order valence-corrected chi connectivity index (χ1v) is 10.9. The maximum atomic E-state index is 12.6. The smallest absolute Gasteiger partial charge is 0.123 e. The van der Waals surface area contributed by atoms with Gasteiger partial charge in [0, 0.05) is 5.02 Å². The zero-order valence-corrected chi connectivity index (χ0v) is 19.2. The first-order valence-electron chi connectivity index (χ1n) is 10.5. The van der Waals surface area contributed by atoms with Crippen molar-refractivity contribution in [3.8, 4) is 0 Å². The molecule has 1 unspecified atom stereocenters. The van der Waals surface area contributed by atoms with Crippen molar-refractivity contribution in [2.24, 2.45) is 5.92 Å². The summed E-state index contributed by atoms with van der Waals surface area (Å²) in [7, 11) is 0. The van der Waals surface area contributed by atoms with E-state index < -0.39 is 0 Å². The lowest BCUT2D eigenvalue weighted by atomic mass is 9.99. The molecule has 0 N–H and O–H groups in total. The molecule has 0 aliphatic carbocycles. The Morgan fingerprint density at radius 2 is 1.22 bits per heavy atom. The van der Waals surface area contributed by atoms with Gasteiger partial charge < -0.3 is 0 Å². The summed E-state index contributed by atoms with van der Waals surface area (Å²) in [6, 6.07) is 14.8. The van der Waals surface area contributed by atoms with E-state index in [4.69, 9.17) is 11.6 Å². The van der Waals surface area contributed by atoms with E-state index in [1.807, 2.05) is 52.0 Å². The average molecular weight is 395 g/mol. The first kappa shape index (κ1) is 27.9. The van der Waals surface area contributed by atoms with Gasteiger partial charge in [-0.05, 0) is 60.6 Å². The molecule has 0 aliphatic heterocycles. The molecule has 154 valence electrons. The molecule has 1 atom stereocenters. The summed E-state index contributed by atoms with van der Waals surface area (Å²) in [4.78, 5) is 0. The van der Waals surface area contributed by atoms with Gasteiger partial charge in [-0.3, -0.25) is 0 Å². The van der Waals surface area contributed by atoms with Crippen molar-refractivity contribution in [2.75, 3.05) is 0 Å². The van der Waals surface area contributed by atoms with Crippen LogP contribution in [0.25, 0.3) is 0 Å². The second-order valence-electron chi connectivity index (χ2n) is 6.06. The van der Waals surface area contributed by atoms with Crippen LogP contribution in [0.5, 0.6) is 0 Å². The molecular weight excluding hydrogens is 355 g/mol. The van der Waals surface area contributed by atoms with E-state index in [2.05, 4.69) is 32.9 Å². The fourth-order valence-electron chi connectivity index (χ4n) is 2.21. The highest BCUT2D eigenvalue weighted by Gasteiger charge is 1.99. The predicted octanol–water partition coefficient (Wildman–Crippen LogP) is 9.15. The highest BCUT2D eigenvalue weighted by atomic mass is 35.5. The quantitative estimate of drug-likeness (QED) is 0.458. The third-order valence-electron chi connectivity index (χ3n) is 3.99. The Balaban J connectivity index is 0. The summed E-state index contributed by atoms with van der Waals surface area (Å²) in [6.07, 6.45) is 5.83. The van der Waals surface area contributed by atoms with Crippen LogP contribution in [0.3, 0.4) is 0 Å². The van der Waals surface area contributed by atoms with Crippen LogP contribution >= 0.6 is 11.6 Å². The van der Waals surface area contributed by atoms with E-state index in [0.717, 1.165) is 23.8 Å². The lowest BCUT2D eigenvalue weighted by Gasteiger charge is -2.07. The number of aryl methyl sites for hydroxylation is 2.